The van der Waals surface area contributed by atoms with Gasteiger partial charge < -0.3 is 20.0 Å². The molecule has 0 radical (unpaired) electrons. The number of halogens is 1. The van der Waals surface area contributed by atoms with E-state index < -0.39 is 5.97 Å². The minimum Gasteiger partial charge on any atom is -0.484 e. The second-order valence-electron chi connectivity index (χ2n) is 3.55. The number of nitrogen functional groups attached to an aromatic ring is 1. The molecule has 2 aromatic rings. The number of rotatable bonds is 4. The van der Waals surface area contributed by atoms with Crippen molar-refractivity contribution >= 4 is 23.3 Å². The van der Waals surface area contributed by atoms with Crippen molar-refractivity contribution in [2.75, 3.05) is 5.73 Å². The largest absolute Gasteiger partial charge is 0.484 e. The van der Waals surface area contributed by atoms with Crippen LogP contribution in [0.2, 0.25) is 5.02 Å². The van der Waals surface area contributed by atoms with Gasteiger partial charge in [-0.3, -0.25) is 0 Å². The normalized spacial score (nSPS) is 10.3. The Morgan fingerprint density at radius 1 is 1.39 bits per heavy atom. The predicted molar refractivity (Wildman–Crippen MR) is 65.9 cm³/mol. The zero-order valence-electron chi connectivity index (χ0n) is 9.22. The Balaban J connectivity index is 2.04. The van der Waals surface area contributed by atoms with Crippen molar-refractivity contribution in [3.63, 3.8) is 0 Å². The van der Waals surface area contributed by atoms with E-state index >= 15 is 0 Å². The smallest absolute Gasteiger partial charge is 0.371 e. The molecule has 1 aromatic carbocycles. The third kappa shape index (κ3) is 2.75. The van der Waals surface area contributed by atoms with Crippen molar-refractivity contribution in [2.45, 2.75) is 6.61 Å². The second-order valence-corrected chi connectivity index (χ2v) is 3.96. The monoisotopic (exact) mass is 267 g/mol. The molecule has 1 aromatic heterocycles. The number of ether oxygens (including phenoxy) is 1. The van der Waals surface area contributed by atoms with Gasteiger partial charge in [0.05, 0.1) is 5.02 Å². The highest BCUT2D eigenvalue weighted by atomic mass is 35.5. The zero-order chi connectivity index (χ0) is 13.1. The van der Waals surface area contributed by atoms with Crippen LogP contribution < -0.4 is 10.5 Å². The van der Waals surface area contributed by atoms with Crippen LogP contribution in [0.4, 0.5) is 5.69 Å². The molecule has 0 amide bonds. The summed E-state index contributed by atoms with van der Waals surface area (Å²) >= 11 is 5.92. The average molecular weight is 268 g/mol. The Bertz CT molecular complexity index is 579. The number of anilines is 1. The van der Waals surface area contributed by atoms with E-state index in [9.17, 15) is 4.79 Å². The fourth-order valence-corrected chi connectivity index (χ4v) is 1.60. The van der Waals surface area contributed by atoms with Crippen molar-refractivity contribution < 1.29 is 19.1 Å². The van der Waals surface area contributed by atoms with Gasteiger partial charge in [0.25, 0.3) is 0 Å². The summed E-state index contributed by atoms with van der Waals surface area (Å²) in [6.07, 6.45) is 0. The van der Waals surface area contributed by atoms with E-state index in [0.717, 1.165) is 0 Å². The van der Waals surface area contributed by atoms with E-state index in [1.165, 1.54) is 12.1 Å². The third-order valence-electron chi connectivity index (χ3n) is 2.20. The highest BCUT2D eigenvalue weighted by Crippen LogP contribution is 2.27. The van der Waals surface area contributed by atoms with E-state index in [2.05, 4.69) is 0 Å². The summed E-state index contributed by atoms with van der Waals surface area (Å²) in [5.74, 6) is -0.386. The molecular formula is C12H10ClNO4. The van der Waals surface area contributed by atoms with E-state index in [1.807, 2.05) is 0 Å². The maximum atomic E-state index is 10.6. The first kappa shape index (κ1) is 12.3. The summed E-state index contributed by atoms with van der Waals surface area (Å²) in [5, 5.41) is 9.08. The molecular weight excluding hydrogens is 258 g/mol. The number of hydrogen-bond acceptors (Lipinski definition) is 4. The lowest BCUT2D eigenvalue weighted by Gasteiger charge is -2.06. The number of nitrogens with two attached hydrogens (primary N) is 1. The Labute approximate surface area is 108 Å². The topological polar surface area (TPSA) is 85.7 Å². The number of carboxylic acid groups (broad SMARTS) is 1. The van der Waals surface area contributed by atoms with Crippen LogP contribution in [-0.4, -0.2) is 11.1 Å². The average Bonchev–Trinajstić information content (AvgIpc) is 2.76. The Morgan fingerprint density at radius 3 is 2.78 bits per heavy atom. The van der Waals surface area contributed by atoms with E-state index in [1.54, 1.807) is 18.2 Å². The maximum Gasteiger partial charge on any atom is 0.371 e. The highest BCUT2D eigenvalue weighted by Gasteiger charge is 2.10. The fraction of sp³-hybridized carbons (Fsp3) is 0.0833. The highest BCUT2D eigenvalue weighted by molar-refractivity contribution is 6.32. The summed E-state index contributed by atoms with van der Waals surface area (Å²) in [4.78, 5) is 10.6. The first-order valence-corrected chi connectivity index (χ1v) is 5.44. The van der Waals surface area contributed by atoms with Crippen LogP contribution in [0.25, 0.3) is 0 Å². The minimum absolute atomic E-state index is 0.0942. The maximum absolute atomic E-state index is 10.6. The van der Waals surface area contributed by atoms with Crippen LogP contribution in [0, 0.1) is 0 Å². The molecule has 94 valence electrons. The number of carbonyl (C=O) groups is 1. The molecule has 0 unspecified atom stereocenters. The van der Waals surface area contributed by atoms with Crippen molar-refractivity contribution in [3.05, 3.63) is 46.9 Å². The molecule has 0 saturated carbocycles. The van der Waals surface area contributed by atoms with Gasteiger partial charge in [-0.15, -0.1) is 0 Å². The van der Waals surface area contributed by atoms with Gasteiger partial charge in [0, 0.05) is 5.69 Å². The molecule has 0 saturated heterocycles. The van der Waals surface area contributed by atoms with Crippen LogP contribution in [0.5, 0.6) is 5.75 Å². The molecule has 18 heavy (non-hydrogen) atoms. The number of benzene rings is 1. The van der Waals surface area contributed by atoms with Gasteiger partial charge in [-0.2, -0.15) is 0 Å². The summed E-state index contributed by atoms with van der Waals surface area (Å²) in [6, 6.07) is 7.77. The van der Waals surface area contributed by atoms with Crippen LogP contribution in [0.15, 0.2) is 34.7 Å². The molecule has 3 N–H and O–H groups in total. The van der Waals surface area contributed by atoms with Gasteiger partial charge >= 0.3 is 5.97 Å². The molecule has 0 aliphatic rings. The Kier molecular flexibility index (Phi) is 3.43. The molecule has 0 aliphatic heterocycles. The van der Waals surface area contributed by atoms with Gasteiger partial charge in [0.1, 0.15) is 18.1 Å². The third-order valence-corrected chi connectivity index (χ3v) is 2.49. The number of furan rings is 1. The van der Waals surface area contributed by atoms with Crippen LogP contribution in [0.3, 0.4) is 0 Å². The van der Waals surface area contributed by atoms with E-state index in [4.69, 9.17) is 31.6 Å². The van der Waals surface area contributed by atoms with Gasteiger partial charge in [0.15, 0.2) is 0 Å². The lowest BCUT2D eigenvalue weighted by Crippen LogP contribution is -1.96. The molecule has 6 heteroatoms. The SMILES string of the molecule is Nc1ccc(OCc2ccc(C(=O)O)o2)c(Cl)c1. The Morgan fingerprint density at radius 2 is 2.17 bits per heavy atom. The summed E-state index contributed by atoms with van der Waals surface area (Å²) in [5.41, 5.74) is 6.09. The van der Waals surface area contributed by atoms with Crippen molar-refractivity contribution in [1.82, 2.24) is 0 Å². The first-order chi connectivity index (χ1) is 8.56. The van der Waals surface area contributed by atoms with Crippen molar-refractivity contribution in [2.24, 2.45) is 0 Å². The Hall–Kier alpha value is -2.14. The summed E-state index contributed by atoms with van der Waals surface area (Å²) < 4.78 is 10.4. The predicted octanol–water partition coefficient (Wildman–Crippen LogP) is 2.79. The molecule has 0 aliphatic carbocycles. The molecule has 1 heterocycles. The molecule has 0 spiro atoms. The standard InChI is InChI=1S/C12H10ClNO4/c13-9-5-7(14)1-3-10(9)17-6-8-2-4-11(18-8)12(15)16/h1-5H,6,14H2,(H,15,16). The fourth-order valence-electron chi connectivity index (χ4n) is 1.35. The quantitative estimate of drug-likeness (QED) is 0.832. The molecule has 0 bridgehead atoms. The number of carboxylic acids is 1. The molecule has 0 atom stereocenters. The second kappa shape index (κ2) is 5.01. The minimum atomic E-state index is -1.12. The number of hydrogen-bond donors (Lipinski definition) is 2. The van der Waals surface area contributed by atoms with Crippen LogP contribution >= 0.6 is 11.6 Å². The van der Waals surface area contributed by atoms with Crippen LogP contribution in [0.1, 0.15) is 16.3 Å². The van der Waals surface area contributed by atoms with Gasteiger partial charge in [-0.1, -0.05) is 11.6 Å². The molecule has 5 nitrogen and oxygen atoms in total. The summed E-state index contributed by atoms with van der Waals surface area (Å²) in [6.45, 7) is 0.0942. The zero-order valence-corrected chi connectivity index (χ0v) is 9.98. The van der Waals surface area contributed by atoms with E-state index in [-0.39, 0.29) is 12.4 Å². The molecule has 2 rings (SSSR count). The lowest BCUT2D eigenvalue weighted by atomic mass is 10.3. The van der Waals surface area contributed by atoms with Crippen molar-refractivity contribution in [3.8, 4) is 5.75 Å². The first-order valence-electron chi connectivity index (χ1n) is 5.06. The van der Waals surface area contributed by atoms with E-state index in [0.29, 0.717) is 22.2 Å². The number of aromatic carboxylic acids is 1. The molecule has 0 fully saturated rings. The lowest BCUT2D eigenvalue weighted by molar-refractivity contribution is 0.0658. The van der Waals surface area contributed by atoms with Gasteiger partial charge in [-0.25, -0.2) is 4.79 Å². The summed E-state index contributed by atoms with van der Waals surface area (Å²) in [7, 11) is 0. The van der Waals surface area contributed by atoms with Crippen molar-refractivity contribution in [1.29, 1.82) is 0 Å². The van der Waals surface area contributed by atoms with Gasteiger partial charge in [0.2, 0.25) is 5.76 Å². The van der Waals surface area contributed by atoms with Gasteiger partial charge in [-0.05, 0) is 30.3 Å². The van der Waals surface area contributed by atoms with Crippen LogP contribution in [-0.2, 0) is 6.61 Å².